The summed E-state index contributed by atoms with van der Waals surface area (Å²) in [6, 6.07) is 4.99. The lowest BCUT2D eigenvalue weighted by Gasteiger charge is -2.19. The lowest BCUT2D eigenvalue weighted by Crippen LogP contribution is -2.20. The van der Waals surface area contributed by atoms with Gasteiger partial charge >= 0.3 is 6.18 Å². The summed E-state index contributed by atoms with van der Waals surface area (Å²) in [5, 5.41) is 2.79. The Hall–Kier alpha value is -1.47. The standard InChI is InChI=1S/C12H12F3N/c1-3-6-11(16-2)9-7-4-5-8-10(9)12(13,14)15/h1,4-5,7-8,11,16H,6H2,2H3. The SMILES string of the molecule is C#CCC(NC)c1ccccc1C(F)(F)F. The van der Waals surface area contributed by atoms with E-state index in [-0.39, 0.29) is 12.0 Å². The normalized spacial score (nSPS) is 13.2. The maximum atomic E-state index is 12.7. The smallest absolute Gasteiger partial charge is 0.312 e. The van der Waals surface area contributed by atoms with Crippen LogP contribution in [0.4, 0.5) is 13.2 Å². The van der Waals surface area contributed by atoms with Gasteiger partial charge in [0.15, 0.2) is 0 Å². The lowest BCUT2D eigenvalue weighted by molar-refractivity contribution is -0.138. The summed E-state index contributed by atoms with van der Waals surface area (Å²) in [6.45, 7) is 0. The van der Waals surface area contributed by atoms with Crippen LogP contribution in [0.2, 0.25) is 0 Å². The van der Waals surface area contributed by atoms with Crippen LogP contribution in [0, 0.1) is 12.3 Å². The van der Waals surface area contributed by atoms with E-state index in [9.17, 15) is 13.2 Å². The molecule has 1 rings (SSSR count). The fourth-order valence-electron chi connectivity index (χ4n) is 1.54. The Morgan fingerprint density at radius 1 is 1.38 bits per heavy atom. The molecule has 0 saturated carbocycles. The maximum Gasteiger partial charge on any atom is 0.416 e. The van der Waals surface area contributed by atoms with Crippen LogP contribution in [0.1, 0.15) is 23.6 Å². The lowest BCUT2D eigenvalue weighted by atomic mass is 9.98. The third kappa shape index (κ3) is 2.77. The van der Waals surface area contributed by atoms with Crippen molar-refractivity contribution in [1.82, 2.24) is 5.32 Å². The molecular weight excluding hydrogens is 215 g/mol. The molecule has 0 heterocycles. The zero-order chi connectivity index (χ0) is 12.2. The minimum Gasteiger partial charge on any atom is -0.312 e. The van der Waals surface area contributed by atoms with Crippen LogP contribution in [0.5, 0.6) is 0 Å². The van der Waals surface area contributed by atoms with Gasteiger partial charge in [0.1, 0.15) is 0 Å². The predicted octanol–water partition coefficient (Wildman–Crippen LogP) is 2.99. The molecule has 0 aliphatic heterocycles. The zero-order valence-electron chi connectivity index (χ0n) is 8.81. The summed E-state index contributed by atoms with van der Waals surface area (Å²) in [4.78, 5) is 0. The van der Waals surface area contributed by atoms with Gasteiger partial charge in [-0.3, -0.25) is 0 Å². The number of nitrogens with one attached hydrogen (secondary N) is 1. The van der Waals surface area contributed by atoms with E-state index in [2.05, 4.69) is 11.2 Å². The maximum absolute atomic E-state index is 12.7. The Labute approximate surface area is 92.7 Å². The molecule has 1 aromatic carbocycles. The number of halogens is 3. The summed E-state index contributed by atoms with van der Waals surface area (Å²) in [6.07, 6.45) is 1.01. The van der Waals surface area contributed by atoms with Gasteiger partial charge in [-0.05, 0) is 18.7 Å². The van der Waals surface area contributed by atoms with Crippen LogP contribution < -0.4 is 5.32 Å². The van der Waals surface area contributed by atoms with Crippen molar-refractivity contribution < 1.29 is 13.2 Å². The summed E-state index contributed by atoms with van der Waals surface area (Å²) in [5.41, 5.74) is -0.444. The van der Waals surface area contributed by atoms with Gasteiger partial charge in [-0.2, -0.15) is 13.2 Å². The summed E-state index contributed by atoms with van der Waals surface area (Å²) < 4.78 is 38.1. The number of rotatable bonds is 3. The molecule has 0 amide bonds. The highest BCUT2D eigenvalue weighted by Gasteiger charge is 2.34. The topological polar surface area (TPSA) is 12.0 Å². The number of benzene rings is 1. The quantitative estimate of drug-likeness (QED) is 0.783. The molecular formula is C12H12F3N. The van der Waals surface area contributed by atoms with Gasteiger partial charge in [0, 0.05) is 12.5 Å². The van der Waals surface area contributed by atoms with Crippen LogP contribution in [0.25, 0.3) is 0 Å². The highest BCUT2D eigenvalue weighted by molar-refractivity contribution is 5.33. The second kappa shape index (κ2) is 5.04. The van der Waals surface area contributed by atoms with Crippen LogP contribution in [-0.4, -0.2) is 7.05 Å². The minimum absolute atomic E-state index is 0.190. The van der Waals surface area contributed by atoms with Crippen LogP contribution >= 0.6 is 0 Å². The fourth-order valence-corrected chi connectivity index (χ4v) is 1.54. The van der Waals surface area contributed by atoms with Crippen molar-refractivity contribution in [2.75, 3.05) is 7.05 Å². The van der Waals surface area contributed by atoms with E-state index < -0.39 is 17.8 Å². The second-order valence-electron chi connectivity index (χ2n) is 3.33. The zero-order valence-corrected chi connectivity index (χ0v) is 8.81. The monoisotopic (exact) mass is 227 g/mol. The molecule has 0 aliphatic rings. The number of hydrogen-bond acceptors (Lipinski definition) is 1. The van der Waals surface area contributed by atoms with Gasteiger partial charge in [0.05, 0.1) is 5.56 Å². The van der Waals surface area contributed by atoms with E-state index in [4.69, 9.17) is 6.42 Å². The van der Waals surface area contributed by atoms with Crippen LogP contribution in [0.3, 0.4) is 0 Å². The highest BCUT2D eigenvalue weighted by Crippen LogP contribution is 2.35. The van der Waals surface area contributed by atoms with E-state index in [1.807, 2.05) is 0 Å². The van der Waals surface area contributed by atoms with Crippen molar-refractivity contribution >= 4 is 0 Å². The molecule has 0 aliphatic carbocycles. The van der Waals surface area contributed by atoms with Crippen LogP contribution in [0.15, 0.2) is 24.3 Å². The van der Waals surface area contributed by atoms with Gasteiger partial charge in [-0.1, -0.05) is 18.2 Å². The molecule has 1 aromatic rings. The van der Waals surface area contributed by atoms with Gasteiger partial charge < -0.3 is 5.32 Å². The molecule has 0 aromatic heterocycles. The first kappa shape index (κ1) is 12.6. The first-order valence-corrected chi connectivity index (χ1v) is 4.77. The van der Waals surface area contributed by atoms with Crippen molar-refractivity contribution in [2.24, 2.45) is 0 Å². The van der Waals surface area contributed by atoms with Crippen molar-refractivity contribution in [2.45, 2.75) is 18.6 Å². The second-order valence-corrected chi connectivity index (χ2v) is 3.33. The van der Waals surface area contributed by atoms with E-state index in [1.54, 1.807) is 13.1 Å². The molecule has 86 valence electrons. The summed E-state index contributed by atoms with van der Waals surface area (Å²) >= 11 is 0. The Bertz CT molecular complexity index is 390. The molecule has 16 heavy (non-hydrogen) atoms. The van der Waals surface area contributed by atoms with Crippen molar-refractivity contribution in [3.8, 4) is 12.3 Å². The number of alkyl halides is 3. The molecule has 0 spiro atoms. The number of hydrogen-bond donors (Lipinski definition) is 1. The van der Waals surface area contributed by atoms with Crippen LogP contribution in [-0.2, 0) is 6.18 Å². The first-order chi connectivity index (χ1) is 7.50. The molecule has 1 N–H and O–H groups in total. The van der Waals surface area contributed by atoms with Gasteiger partial charge in [-0.15, -0.1) is 12.3 Å². The Morgan fingerprint density at radius 2 is 2.00 bits per heavy atom. The van der Waals surface area contributed by atoms with Crippen molar-refractivity contribution in [3.63, 3.8) is 0 Å². The molecule has 0 radical (unpaired) electrons. The third-order valence-corrected chi connectivity index (χ3v) is 2.31. The number of terminal acetylenes is 1. The average molecular weight is 227 g/mol. The highest BCUT2D eigenvalue weighted by atomic mass is 19.4. The largest absolute Gasteiger partial charge is 0.416 e. The Balaban J connectivity index is 3.17. The van der Waals surface area contributed by atoms with E-state index in [1.165, 1.54) is 12.1 Å². The molecule has 4 heteroatoms. The molecule has 0 bridgehead atoms. The predicted molar refractivity (Wildman–Crippen MR) is 56.7 cm³/mol. The summed E-state index contributed by atoms with van der Waals surface area (Å²) in [5.74, 6) is 2.37. The molecule has 0 fully saturated rings. The Morgan fingerprint density at radius 3 is 2.50 bits per heavy atom. The molecule has 1 unspecified atom stereocenters. The minimum atomic E-state index is -4.35. The Kier molecular flexibility index (Phi) is 3.97. The molecule has 1 nitrogen and oxygen atoms in total. The fraction of sp³-hybridized carbons (Fsp3) is 0.333. The average Bonchev–Trinajstić information content (AvgIpc) is 2.25. The van der Waals surface area contributed by atoms with E-state index in [0.29, 0.717) is 0 Å². The molecule has 1 atom stereocenters. The van der Waals surface area contributed by atoms with E-state index in [0.717, 1.165) is 6.07 Å². The molecule has 0 saturated heterocycles. The first-order valence-electron chi connectivity index (χ1n) is 4.77. The van der Waals surface area contributed by atoms with Gasteiger partial charge in [0.25, 0.3) is 0 Å². The van der Waals surface area contributed by atoms with E-state index >= 15 is 0 Å². The van der Waals surface area contributed by atoms with Gasteiger partial charge in [-0.25, -0.2) is 0 Å². The van der Waals surface area contributed by atoms with Crippen molar-refractivity contribution in [1.29, 1.82) is 0 Å². The van der Waals surface area contributed by atoms with Gasteiger partial charge in [0.2, 0.25) is 0 Å². The van der Waals surface area contributed by atoms with Crippen molar-refractivity contribution in [3.05, 3.63) is 35.4 Å². The third-order valence-electron chi connectivity index (χ3n) is 2.31. The summed E-state index contributed by atoms with van der Waals surface area (Å²) in [7, 11) is 1.59.